The number of sulfonamides is 1. The molecule has 0 aromatic heterocycles. The second kappa shape index (κ2) is 12.1. The SMILES string of the molecule is O=C[C@H](Cc1ccccc1)NC(=O)[C@@H](COCc1ccccc1)NS(=O)(=O)c1ccccc1. The molecule has 2 atom stereocenters. The molecule has 0 saturated heterocycles. The van der Waals surface area contributed by atoms with Gasteiger partial charge in [0.05, 0.1) is 24.2 Å². The molecule has 8 heteroatoms. The minimum Gasteiger partial charge on any atom is -0.375 e. The minimum atomic E-state index is -3.98. The normalized spacial score (nSPS) is 13.1. The Hall–Kier alpha value is -3.33. The zero-order valence-electron chi connectivity index (χ0n) is 18.0. The molecular weight excluding hydrogens is 440 g/mol. The van der Waals surface area contributed by atoms with E-state index in [-0.39, 0.29) is 18.1 Å². The van der Waals surface area contributed by atoms with Gasteiger partial charge in [-0.3, -0.25) is 4.79 Å². The van der Waals surface area contributed by atoms with Crippen LogP contribution in [0.3, 0.4) is 0 Å². The first-order chi connectivity index (χ1) is 16.0. The third kappa shape index (κ3) is 7.64. The highest BCUT2D eigenvalue weighted by molar-refractivity contribution is 7.89. The lowest BCUT2D eigenvalue weighted by Crippen LogP contribution is -2.52. The van der Waals surface area contributed by atoms with Crippen LogP contribution in [0.5, 0.6) is 0 Å². The Labute approximate surface area is 193 Å². The van der Waals surface area contributed by atoms with Crippen molar-refractivity contribution < 1.29 is 22.7 Å². The molecule has 0 saturated carbocycles. The van der Waals surface area contributed by atoms with Crippen LogP contribution in [0.25, 0.3) is 0 Å². The lowest BCUT2D eigenvalue weighted by molar-refractivity contribution is -0.126. The Morgan fingerprint density at radius 2 is 1.39 bits per heavy atom. The van der Waals surface area contributed by atoms with Crippen molar-refractivity contribution in [3.63, 3.8) is 0 Å². The van der Waals surface area contributed by atoms with E-state index >= 15 is 0 Å². The summed E-state index contributed by atoms with van der Waals surface area (Å²) in [7, 11) is -3.98. The fourth-order valence-electron chi connectivity index (χ4n) is 3.17. The van der Waals surface area contributed by atoms with Gasteiger partial charge in [0, 0.05) is 0 Å². The van der Waals surface area contributed by atoms with Crippen LogP contribution in [-0.2, 0) is 37.4 Å². The molecule has 0 aliphatic rings. The van der Waals surface area contributed by atoms with E-state index in [0.29, 0.717) is 12.7 Å². The average molecular weight is 467 g/mol. The maximum Gasteiger partial charge on any atom is 0.241 e. The van der Waals surface area contributed by atoms with Crippen LogP contribution in [0.1, 0.15) is 11.1 Å². The highest BCUT2D eigenvalue weighted by Crippen LogP contribution is 2.10. The van der Waals surface area contributed by atoms with Gasteiger partial charge in [0.1, 0.15) is 12.3 Å². The first-order valence-corrected chi connectivity index (χ1v) is 11.9. The molecule has 7 nitrogen and oxygen atoms in total. The van der Waals surface area contributed by atoms with E-state index in [9.17, 15) is 18.0 Å². The molecular formula is C25H26N2O5S. The summed E-state index contributed by atoms with van der Waals surface area (Å²) in [5, 5.41) is 2.62. The third-order valence-electron chi connectivity index (χ3n) is 4.85. The number of rotatable bonds is 12. The number of aldehydes is 1. The molecule has 0 aliphatic heterocycles. The Balaban J connectivity index is 1.71. The van der Waals surface area contributed by atoms with Gasteiger partial charge in [0.15, 0.2) is 0 Å². The van der Waals surface area contributed by atoms with Crippen LogP contribution in [0.15, 0.2) is 95.9 Å². The number of hydrogen-bond acceptors (Lipinski definition) is 5. The van der Waals surface area contributed by atoms with Gasteiger partial charge in [0.25, 0.3) is 0 Å². The van der Waals surface area contributed by atoms with Crippen LogP contribution in [0.4, 0.5) is 0 Å². The quantitative estimate of drug-likeness (QED) is 0.400. The van der Waals surface area contributed by atoms with Crippen molar-refractivity contribution in [3.05, 3.63) is 102 Å². The molecule has 2 N–H and O–H groups in total. The number of benzene rings is 3. The molecule has 0 heterocycles. The van der Waals surface area contributed by atoms with Gasteiger partial charge >= 0.3 is 0 Å². The summed E-state index contributed by atoms with van der Waals surface area (Å²) in [6.45, 7) is 0.00249. The Bertz CT molecular complexity index is 1120. The van der Waals surface area contributed by atoms with Gasteiger partial charge in [-0.25, -0.2) is 8.42 Å². The predicted molar refractivity (Wildman–Crippen MR) is 125 cm³/mol. The summed E-state index contributed by atoms with van der Waals surface area (Å²) in [6, 6.07) is 24.3. The minimum absolute atomic E-state index is 0.0297. The van der Waals surface area contributed by atoms with Gasteiger partial charge in [-0.2, -0.15) is 4.72 Å². The van der Waals surface area contributed by atoms with Crippen molar-refractivity contribution >= 4 is 22.2 Å². The molecule has 3 rings (SSSR count). The fourth-order valence-corrected chi connectivity index (χ4v) is 4.37. The van der Waals surface area contributed by atoms with E-state index in [0.717, 1.165) is 11.1 Å². The Morgan fingerprint density at radius 3 is 1.97 bits per heavy atom. The van der Waals surface area contributed by atoms with Crippen LogP contribution in [-0.4, -0.2) is 39.3 Å². The van der Waals surface area contributed by atoms with Gasteiger partial charge in [-0.15, -0.1) is 0 Å². The fraction of sp³-hybridized carbons (Fsp3) is 0.200. The van der Waals surface area contributed by atoms with Gasteiger partial charge in [-0.05, 0) is 29.7 Å². The zero-order chi connectivity index (χ0) is 23.5. The predicted octanol–water partition coefficient (Wildman–Crippen LogP) is 2.48. The second-order valence-electron chi connectivity index (χ2n) is 7.43. The topological polar surface area (TPSA) is 102 Å². The van der Waals surface area contributed by atoms with Crippen molar-refractivity contribution in [1.29, 1.82) is 0 Å². The summed E-state index contributed by atoms with van der Waals surface area (Å²) in [5.74, 6) is -0.643. The van der Waals surface area contributed by atoms with Crippen molar-refractivity contribution in [1.82, 2.24) is 10.0 Å². The van der Waals surface area contributed by atoms with Gasteiger partial charge in [0.2, 0.25) is 15.9 Å². The summed E-state index contributed by atoms with van der Waals surface area (Å²) in [5.41, 5.74) is 1.76. The highest BCUT2D eigenvalue weighted by Gasteiger charge is 2.27. The molecule has 0 bridgehead atoms. The number of carbonyl (C=O) groups excluding carboxylic acids is 2. The van der Waals surface area contributed by atoms with Crippen molar-refractivity contribution in [3.8, 4) is 0 Å². The van der Waals surface area contributed by atoms with Crippen LogP contribution >= 0.6 is 0 Å². The molecule has 172 valence electrons. The molecule has 0 fully saturated rings. The summed E-state index contributed by atoms with van der Waals surface area (Å²) in [4.78, 5) is 24.6. The number of ether oxygens (including phenoxy) is 1. The largest absolute Gasteiger partial charge is 0.375 e. The maximum absolute atomic E-state index is 13.0. The average Bonchev–Trinajstić information content (AvgIpc) is 2.84. The van der Waals surface area contributed by atoms with Gasteiger partial charge in [-0.1, -0.05) is 78.9 Å². The summed E-state index contributed by atoms with van der Waals surface area (Å²) in [6.07, 6.45) is 0.928. The monoisotopic (exact) mass is 466 g/mol. The van der Waals surface area contributed by atoms with Crippen LogP contribution in [0.2, 0.25) is 0 Å². The van der Waals surface area contributed by atoms with Crippen LogP contribution in [0, 0.1) is 0 Å². The lowest BCUT2D eigenvalue weighted by Gasteiger charge is -2.21. The highest BCUT2D eigenvalue weighted by atomic mass is 32.2. The van der Waals surface area contributed by atoms with Gasteiger partial charge < -0.3 is 14.8 Å². The second-order valence-corrected chi connectivity index (χ2v) is 9.14. The van der Waals surface area contributed by atoms with E-state index in [4.69, 9.17) is 4.74 Å². The van der Waals surface area contributed by atoms with E-state index < -0.39 is 28.0 Å². The van der Waals surface area contributed by atoms with Crippen molar-refractivity contribution in [2.45, 2.75) is 30.0 Å². The zero-order valence-corrected chi connectivity index (χ0v) is 18.8. The molecule has 0 spiro atoms. The summed E-state index contributed by atoms with van der Waals surface area (Å²) >= 11 is 0. The van der Waals surface area contributed by atoms with E-state index in [1.807, 2.05) is 60.7 Å². The smallest absolute Gasteiger partial charge is 0.241 e. The number of nitrogens with one attached hydrogen (secondary N) is 2. The molecule has 3 aromatic rings. The molecule has 1 amide bonds. The molecule has 0 radical (unpaired) electrons. The van der Waals surface area contributed by atoms with Crippen LogP contribution < -0.4 is 10.0 Å². The number of amides is 1. The first kappa shape index (κ1) is 24.3. The Morgan fingerprint density at radius 1 is 0.848 bits per heavy atom. The van der Waals surface area contributed by atoms with Crippen molar-refractivity contribution in [2.24, 2.45) is 0 Å². The van der Waals surface area contributed by atoms with E-state index in [2.05, 4.69) is 10.0 Å². The molecule has 0 aliphatic carbocycles. The third-order valence-corrected chi connectivity index (χ3v) is 6.34. The number of hydrogen-bond donors (Lipinski definition) is 2. The molecule has 0 unspecified atom stereocenters. The Kier molecular flexibility index (Phi) is 8.88. The maximum atomic E-state index is 13.0. The molecule has 33 heavy (non-hydrogen) atoms. The number of carbonyl (C=O) groups is 2. The van der Waals surface area contributed by atoms with E-state index in [1.165, 1.54) is 12.1 Å². The standard InChI is InChI=1S/C25H26N2O5S/c28-17-22(16-20-10-4-1-5-11-20)26-25(29)24(19-32-18-21-12-6-2-7-13-21)27-33(30,31)23-14-8-3-9-15-23/h1-15,17,22,24,27H,16,18-19H2,(H,26,29)/t22-,24+/m0/s1. The summed E-state index contributed by atoms with van der Waals surface area (Å²) < 4.78 is 33.7. The van der Waals surface area contributed by atoms with Crippen molar-refractivity contribution in [2.75, 3.05) is 6.61 Å². The molecule has 3 aromatic carbocycles. The first-order valence-electron chi connectivity index (χ1n) is 10.5. The lowest BCUT2D eigenvalue weighted by atomic mass is 10.1. The van der Waals surface area contributed by atoms with E-state index in [1.54, 1.807) is 18.2 Å².